The summed E-state index contributed by atoms with van der Waals surface area (Å²) in [4.78, 5) is 6.33. The summed E-state index contributed by atoms with van der Waals surface area (Å²) in [6.45, 7) is 1.35. The van der Waals surface area contributed by atoms with Crippen LogP contribution in [0.3, 0.4) is 0 Å². The summed E-state index contributed by atoms with van der Waals surface area (Å²) >= 11 is 12.0. The first-order valence-electron chi connectivity index (χ1n) is 6.80. The highest BCUT2D eigenvalue weighted by molar-refractivity contribution is 6.42. The molecular weight excluding hydrogens is 321 g/mol. The molecule has 1 heterocycles. The molecule has 1 aromatic carbocycles. The first kappa shape index (κ1) is 16.6. The molecule has 0 fully saturated rings. The summed E-state index contributed by atoms with van der Waals surface area (Å²) in [6.07, 6.45) is 2.17. The van der Waals surface area contributed by atoms with Gasteiger partial charge in [0.15, 0.2) is 0 Å². The van der Waals surface area contributed by atoms with Crippen LogP contribution in [0.1, 0.15) is 17.5 Å². The third-order valence-corrected chi connectivity index (χ3v) is 3.88. The molecule has 0 amide bonds. The lowest BCUT2D eigenvalue weighted by Crippen LogP contribution is -2.25. The zero-order chi connectivity index (χ0) is 15.9. The number of rotatable bonds is 6. The minimum atomic E-state index is 0.105. The van der Waals surface area contributed by atoms with Gasteiger partial charge in [0.05, 0.1) is 15.6 Å². The summed E-state index contributed by atoms with van der Waals surface area (Å²) < 4.78 is 0. The fourth-order valence-corrected chi connectivity index (χ4v) is 2.35. The monoisotopic (exact) mass is 335 g/mol. The molecule has 0 radical (unpaired) electrons. The van der Waals surface area contributed by atoms with Crippen LogP contribution in [-0.4, -0.2) is 23.2 Å². The van der Waals surface area contributed by atoms with Crippen molar-refractivity contribution in [3.63, 3.8) is 0 Å². The molecule has 1 N–H and O–H groups in total. The number of anilines is 1. The maximum Gasteiger partial charge on any atom is 0.128 e. The van der Waals surface area contributed by atoms with E-state index in [1.54, 1.807) is 18.2 Å². The van der Waals surface area contributed by atoms with E-state index in [-0.39, 0.29) is 6.61 Å². The van der Waals surface area contributed by atoms with Crippen molar-refractivity contribution in [3.8, 4) is 6.07 Å². The summed E-state index contributed by atoms with van der Waals surface area (Å²) in [7, 11) is 0. The Morgan fingerprint density at radius 1 is 1.18 bits per heavy atom. The van der Waals surface area contributed by atoms with E-state index in [1.165, 1.54) is 6.20 Å². The second-order valence-electron chi connectivity index (χ2n) is 4.76. The van der Waals surface area contributed by atoms with E-state index in [4.69, 9.17) is 33.6 Å². The van der Waals surface area contributed by atoms with Gasteiger partial charge in [0.2, 0.25) is 0 Å². The fraction of sp³-hybridized carbons (Fsp3) is 0.250. The van der Waals surface area contributed by atoms with Gasteiger partial charge in [0.25, 0.3) is 0 Å². The Bertz CT molecular complexity index is 668. The van der Waals surface area contributed by atoms with Crippen molar-refractivity contribution in [1.82, 2.24) is 4.98 Å². The van der Waals surface area contributed by atoms with Gasteiger partial charge in [-0.05, 0) is 36.2 Å². The smallest absolute Gasteiger partial charge is 0.128 e. The molecule has 114 valence electrons. The van der Waals surface area contributed by atoms with Crippen LogP contribution in [0.25, 0.3) is 0 Å². The van der Waals surface area contributed by atoms with Gasteiger partial charge in [0, 0.05) is 25.9 Å². The van der Waals surface area contributed by atoms with Crippen molar-refractivity contribution in [1.29, 1.82) is 5.26 Å². The Labute approximate surface area is 139 Å². The van der Waals surface area contributed by atoms with Gasteiger partial charge in [-0.2, -0.15) is 5.26 Å². The molecule has 0 aliphatic heterocycles. The predicted molar refractivity (Wildman–Crippen MR) is 88.2 cm³/mol. The Hall–Kier alpha value is -1.80. The standard InChI is InChI=1S/C16H15Cl2N3O/c17-14-4-2-12(8-15(14)18)11-21(6-1-7-22)16-5-3-13(9-19)10-20-16/h2-5,8,10,22H,1,6-7,11H2. The number of aromatic nitrogens is 1. The van der Waals surface area contributed by atoms with E-state index in [0.29, 0.717) is 35.1 Å². The van der Waals surface area contributed by atoms with Gasteiger partial charge in [0.1, 0.15) is 11.9 Å². The van der Waals surface area contributed by atoms with Crippen molar-refractivity contribution >= 4 is 29.0 Å². The number of aliphatic hydroxyl groups is 1. The van der Waals surface area contributed by atoms with Crippen molar-refractivity contribution in [2.75, 3.05) is 18.1 Å². The van der Waals surface area contributed by atoms with E-state index < -0.39 is 0 Å². The van der Waals surface area contributed by atoms with Crippen LogP contribution in [0.4, 0.5) is 5.82 Å². The Morgan fingerprint density at radius 2 is 2.00 bits per heavy atom. The quantitative estimate of drug-likeness (QED) is 0.875. The number of benzene rings is 1. The fourth-order valence-electron chi connectivity index (χ4n) is 2.03. The molecule has 0 saturated carbocycles. The summed E-state index contributed by atoms with van der Waals surface area (Å²) in [5.41, 5.74) is 1.51. The number of hydrogen-bond acceptors (Lipinski definition) is 4. The number of nitrogens with zero attached hydrogens (tertiary/aromatic N) is 3. The SMILES string of the molecule is N#Cc1ccc(N(CCCO)Cc2ccc(Cl)c(Cl)c2)nc1. The minimum absolute atomic E-state index is 0.105. The molecule has 1 aromatic heterocycles. The molecular formula is C16H15Cl2N3O. The largest absolute Gasteiger partial charge is 0.396 e. The summed E-state index contributed by atoms with van der Waals surface area (Å²) in [5.74, 6) is 0.749. The number of halogens is 2. The number of pyridine rings is 1. The summed E-state index contributed by atoms with van der Waals surface area (Å²) in [5, 5.41) is 18.9. The summed E-state index contributed by atoms with van der Waals surface area (Å²) in [6, 6.07) is 11.1. The van der Waals surface area contributed by atoms with Crippen LogP contribution in [0, 0.1) is 11.3 Å². The molecule has 6 heteroatoms. The topological polar surface area (TPSA) is 60.2 Å². The number of aliphatic hydroxyl groups excluding tert-OH is 1. The Balaban J connectivity index is 2.21. The Kier molecular flexibility index (Phi) is 6.02. The van der Waals surface area contributed by atoms with E-state index in [2.05, 4.69) is 4.98 Å². The number of nitriles is 1. The third-order valence-electron chi connectivity index (χ3n) is 3.14. The Morgan fingerprint density at radius 3 is 2.59 bits per heavy atom. The van der Waals surface area contributed by atoms with Crippen molar-refractivity contribution < 1.29 is 5.11 Å². The molecule has 0 unspecified atom stereocenters. The molecule has 0 aliphatic carbocycles. The maximum absolute atomic E-state index is 9.06. The van der Waals surface area contributed by atoms with Gasteiger partial charge in [-0.1, -0.05) is 29.3 Å². The molecule has 0 spiro atoms. The van der Waals surface area contributed by atoms with Crippen LogP contribution >= 0.6 is 23.2 Å². The first-order valence-corrected chi connectivity index (χ1v) is 7.55. The molecule has 0 aliphatic rings. The second-order valence-corrected chi connectivity index (χ2v) is 5.58. The second kappa shape index (κ2) is 8.00. The van der Waals surface area contributed by atoms with Gasteiger partial charge in [-0.3, -0.25) is 0 Å². The van der Waals surface area contributed by atoms with E-state index in [1.807, 2.05) is 23.1 Å². The van der Waals surface area contributed by atoms with Crippen molar-refractivity contribution in [2.45, 2.75) is 13.0 Å². The van der Waals surface area contributed by atoms with Crippen LogP contribution in [0.5, 0.6) is 0 Å². The van der Waals surface area contributed by atoms with Crippen LogP contribution in [0.2, 0.25) is 10.0 Å². The van der Waals surface area contributed by atoms with E-state index in [0.717, 1.165) is 11.4 Å². The highest BCUT2D eigenvalue weighted by Gasteiger charge is 2.10. The van der Waals surface area contributed by atoms with Crippen LogP contribution < -0.4 is 4.90 Å². The molecule has 0 saturated heterocycles. The average molecular weight is 336 g/mol. The third kappa shape index (κ3) is 4.35. The van der Waals surface area contributed by atoms with Crippen LogP contribution in [-0.2, 0) is 6.54 Å². The first-order chi connectivity index (χ1) is 10.6. The molecule has 22 heavy (non-hydrogen) atoms. The molecule has 4 nitrogen and oxygen atoms in total. The lowest BCUT2D eigenvalue weighted by atomic mass is 10.2. The maximum atomic E-state index is 9.06. The zero-order valence-corrected chi connectivity index (χ0v) is 13.3. The zero-order valence-electron chi connectivity index (χ0n) is 11.8. The molecule has 2 aromatic rings. The van der Waals surface area contributed by atoms with Gasteiger partial charge >= 0.3 is 0 Å². The lowest BCUT2D eigenvalue weighted by Gasteiger charge is -2.23. The molecule has 0 atom stereocenters. The van der Waals surface area contributed by atoms with Crippen LogP contribution in [0.15, 0.2) is 36.5 Å². The predicted octanol–water partition coefficient (Wildman–Crippen LogP) is 3.65. The lowest BCUT2D eigenvalue weighted by molar-refractivity contribution is 0.289. The minimum Gasteiger partial charge on any atom is -0.396 e. The highest BCUT2D eigenvalue weighted by atomic mass is 35.5. The van der Waals surface area contributed by atoms with E-state index in [9.17, 15) is 0 Å². The van der Waals surface area contributed by atoms with Crippen molar-refractivity contribution in [2.24, 2.45) is 0 Å². The molecule has 2 rings (SSSR count). The highest BCUT2D eigenvalue weighted by Crippen LogP contribution is 2.24. The molecule has 0 bridgehead atoms. The van der Waals surface area contributed by atoms with E-state index >= 15 is 0 Å². The van der Waals surface area contributed by atoms with Gasteiger partial charge in [-0.15, -0.1) is 0 Å². The van der Waals surface area contributed by atoms with Gasteiger partial charge in [-0.25, -0.2) is 4.98 Å². The normalized spacial score (nSPS) is 10.3. The van der Waals surface area contributed by atoms with Crippen molar-refractivity contribution in [3.05, 3.63) is 57.7 Å². The van der Waals surface area contributed by atoms with Gasteiger partial charge < -0.3 is 10.0 Å². The number of hydrogen-bond donors (Lipinski definition) is 1. The average Bonchev–Trinajstić information content (AvgIpc) is 2.55.